The standard InChI is InChI=1S/C25H31F3N4O4S2/c26-25(27,28)20-15-32(9-12-36-20)24-30-21(18-3-1-2-4-19(18)23(29)33)22(37-24)16-5-7-17(8-6-16)31-10-13-38(34,35)14-11-31/h5-8,18-20H,1-4,9-15H2,(H2,29,33). The summed E-state index contributed by atoms with van der Waals surface area (Å²) in [6.45, 7) is 0.757. The van der Waals surface area contributed by atoms with Crippen molar-refractivity contribution in [3.8, 4) is 10.4 Å². The van der Waals surface area contributed by atoms with Gasteiger partial charge in [0.1, 0.15) is 0 Å². The molecule has 2 aromatic rings. The minimum Gasteiger partial charge on any atom is -0.369 e. The second-order valence-corrected chi connectivity index (χ2v) is 13.4. The highest BCUT2D eigenvalue weighted by molar-refractivity contribution is 7.91. The van der Waals surface area contributed by atoms with Gasteiger partial charge in [-0.05, 0) is 30.5 Å². The van der Waals surface area contributed by atoms with Gasteiger partial charge in [-0.1, -0.05) is 36.3 Å². The number of hydrogen-bond donors (Lipinski definition) is 1. The predicted molar refractivity (Wildman–Crippen MR) is 140 cm³/mol. The van der Waals surface area contributed by atoms with Crippen molar-refractivity contribution in [1.82, 2.24) is 4.98 Å². The highest BCUT2D eigenvalue weighted by Gasteiger charge is 2.44. The number of halogens is 3. The van der Waals surface area contributed by atoms with Crippen LogP contribution in [-0.4, -0.2) is 75.9 Å². The quantitative estimate of drug-likeness (QED) is 0.584. The molecule has 208 valence electrons. The van der Waals surface area contributed by atoms with E-state index in [2.05, 4.69) is 0 Å². The number of aromatic nitrogens is 1. The van der Waals surface area contributed by atoms with Crippen molar-refractivity contribution in [2.75, 3.05) is 54.1 Å². The van der Waals surface area contributed by atoms with E-state index in [1.807, 2.05) is 29.2 Å². The molecule has 2 saturated heterocycles. The van der Waals surface area contributed by atoms with Crippen LogP contribution in [0.15, 0.2) is 24.3 Å². The molecular weight excluding hydrogens is 541 g/mol. The van der Waals surface area contributed by atoms with E-state index in [0.717, 1.165) is 35.4 Å². The molecule has 1 aromatic carbocycles. The van der Waals surface area contributed by atoms with Crippen LogP contribution in [0.4, 0.5) is 24.0 Å². The molecule has 38 heavy (non-hydrogen) atoms. The third kappa shape index (κ3) is 5.79. The molecule has 0 spiro atoms. The molecule has 8 nitrogen and oxygen atoms in total. The van der Waals surface area contributed by atoms with Crippen LogP contribution >= 0.6 is 11.3 Å². The van der Waals surface area contributed by atoms with Crippen LogP contribution in [0.5, 0.6) is 0 Å². The molecule has 0 bridgehead atoms. The van der Waals surface area contributed by atoms with Crippen molar-refractivity contribution < 1.29 is 31.1 Å². The zero-order valence-corrected chi connectivity index (χ0v) is 22.5. The van der Waals surface area contributed by atoms with Gasteiger partial charge < -0.3 is 20.3 Å². The Labute approximate surface area is 223 Å². The van der Waals surface area contributed by atoms with Crippen LogP contribution < -0.4 is 15.5 Å². The van der Waals surface area contributed by atoms with Gasteiger partial charge in [-0.25, -0.2) is 13.4 Å². The third-order valence-electron chi connectivity index (χ3n) is 7.67. The zero-order valence-electron chi connectivity index (χ0n) is 20.8. The van der Waals surface area contributed by atoms with Gasteiger partial charge in [0.25, 0.3) is 0 Å². The van der Waals surface area contributed by atoms with Crippen LogP contribution in [0.2, 0.25) is 0 Å². The van der Waals surface area contributed by atoms with Crippen LogP contribution in [0.25, 0.3) is 10.4 Å². The summed E-state index contributed by atoms with van der Waals surface area (Å²) in [6.07, 6.45) is -3.13. The number of alkyl halides is 3. The number of anilines is 2. The number of benzene rings is 1. The van der Waals surface area contributed by atoms with Crippen molar-refractivity contribution in [1.29, 1.82) is 0 Å². The van der Waals surface area contributed by atoms with E-state index in [1.165, 1.54) is 11.3 Å². The van der Waals surface area contributed by atoms with Crippen molar-refractivity contribution in [3.05, 3.63) is 30.0 Å². The zero-order chi connectivity index (χ0) is 27.1. The van der Waals surface area contributed by atoms with Crippen LogP contribution in [0.1, 0.15) is 37.3 Å². The Balaban J connectivity index is 1.48. The lowest BCUT2D eigenvalue weighted by Crippen LogP contribution is -2.49. The Kier molecular flexibility index (Phi) is 7.62. The summed E-state index contributed by atoms with van der Waals surface area (Å²) in [5, 5.41) is 0.478. The second-order valence-electron chi connectivity index (χ2n) is 10.1. The highest BCUT2D eigenvalue weighted by atomic mass is 32.2. The topological polar surface area (TPSA) is 106 Å². The fourth-order valence-corrected chi connectivity index (χ4v) is 7.91. The van der Waals surface area contributed by atoms with E-state index in [4.69, 9.17) is 15.5 Å². The normalized spacial score (nSPS) is 26.3. The maximum absolute atomic E-state index is 13.4. The number of primary amides is 1. The Bertz CT molecular complexity index is 1250. The lowest BCUT2D eigenvalue weighted by atomic mass is 9.76. The molecular formula is C25H31F3N4O4S2. The minimum absolute atomic E-state index is 0.0536. The summed E-state index contributed by atoms with van der Waals surface area (Å²) in [5.74, 6) is -0.723. The number of rotatable bonds is 5. The molecule has 1 aromatic heterocycles. The first-order valence-corrected chi connectivity index (χ1v) is 15.4. The molecule has 3 atom stereocenters. The average molecular weight is 573 g/mol. The second kappa shape index (κ2) is 10.6. The third-order valence-corrected chi connectivity index (χ3v) is 10.5. The smallest absolute Gasteiger partial charge is 0.369 e. The molecule has 1 amide bonds. The minimum atomic E-state index is -4.47. The summed E-state index contributed by atoms with van der Waals surface area (Å²) in [6, 6.07) is 7.72. The van der Waals surface area contributed by atoms with Crippen molar-refractivity contribution in [3.63, 3.8) is 0 Å². The first kappa shape index (κ1) is 27.2. The summed E-state index contributed by atoms with van der Waals surface area (Å²) in [4.78, 5) is 21.6. The number of morpholine rings is 1. The molecule has 2 N–H and O–H groups in total. The van der Waals surface area contributed by atoms with E-state index in [1.54, 1.807) is 4.90 Å². The van der Waals surface area contributed by atoms with Crippen molar-refractivity contribution in [2.24, 2.45) is 11.7 Å². The largest absolute Gasteiger partial charge is 0.416 e. The number of hydrogen-bond acceptors (Lipinski definition) is 8. The van der Waals surface area contributed by atoms with E-state index >= 15 is 0 Å². The first-order chi connectivity index (χ1) is 18.0. The van der Waals surface area contributed by atoms with Crippen LogP contribution in [0, 0.1) is 5.92 Å². The number of carbonyl (C=O) groups excluding carboxylic acids is 1. The van der Waals surface area contributed by atoms with E-state index in [-0.39, 0.29) is 42.4 Å². The van der Waals surface area contributed by atoms with Gasteiger partial charge in [-0.2, -0.15) is 13.2 Å². The van der Waals surface area contributed by atoms with Crippen molar-refractivity contribution in [2.45, 2.75) is 43.9 Å². The van der Waals surface area contributed by atoms with Crippen LogP contribution in [-0.2, 0) is 19.4 Å². The fourth-order valence-electron chi connectivity index (χ4n) is 5.53. The van der Waals surface area contributed by atoms with Gasteiger partial charge in [0.05, 0.1) is 35.2 Å². The Hall–Kier alpha value is -2.38. The maximum Gasteiger partial charge on any atom is 0.416 e. The SMILES string of the molecule is NC(=O)C1CCCCC1c1nc(N2CCOC(C(F)(F)F)C2)sc1-c1ccc(N2CCS(=O)(=O)CC2)cc1. The van der Waals surface area contributed by atoms with Gasteiger partial charge >= 0.3 is 6.18 Å². The van der Waals surface area contributed by atoms with Crippen LogP contribution in [0.3, 0.4) is 0 Å². The Morgan fingerprint density at radius 3 is 2.39 bits per heavy atom. The number of nitrogens with two attached hydrogens (primary N) is 1. The van der Waals surface area contributed by atoms with E-state index in [0.29, 0.717) is 36.9 Å². The summed E-state index contributed by atoms with van der Waals surface area (Å²) >= 11 is 1.33. The summed E-state index contributed by atoms with van der Waals surface area (Å²) < 4.78 is 68.7. The molecule has 2 aliphatic heterocycles. The molecule has 3 unspecified atom stereocenters. The molecule has 1 saturated carbocycles. The van der Waals surface area contributed by atoms with Gasteiger partial charge in [0, 0.05) is 37.2 Å². The van der Waals surface area contributed by atoms with Gasteiger partial charge in [-0.3, -0.25) is 4.79 Å². The number of thiazole rings is 1. The summed E-state index contributed by atoms with van der Waals surface area (Å²) in [7, 11) is -3.00. The molecule has 5 rings (SSSR count). The monoisotopic (exact) mass is 572 g/mol. The number of carbonyl (C=O) groups is 1. The Morgan fingerprint density at radius 2 is 1.74 bits per heavy atom. The Morgan fingerprint density at radius 1 is 1.05 bits per heavy atom. The molecule has 13 heteroatoms. The lowest BCUT2D eigenvalue weighted by molar-refractivity contribution is -0.221. The fraction of sp³-hybridized carbons (Fsp3) is 0.600. The highest BCUT2D eigenvalue weighted by Crippen LogP contribution is 2.46. The average Bonchev–Trinajstić information content (AvgIpc) is 3.34. The molecule has 3 aliphatic rings. The molecule has 0 radical (unpaired) electrons. The summed E-state index contributed by atoms with van der Waals surface area (Å²) in [5.41, 5.74) is 8.23. The van der Waals surface area contributed by atoms with Gasteiger partial charge in [0.2, 0.25) is 5.91 Å². The van der Waals surface area contributed by atoms with Crippen molar-refractivity contribution >= 4 is 37.9 Å². The number of amides is 1. The lowest BCUT2D eigenvalue weighted by Gasteiger charge is -2.33. The number of nitrogens with zero attached hydrogens (tertiary/aromatic N) is 3. The van der Waals surface area contributed by atoms with E-state index in [9.17, 15) is 26.4 Å². The van der Waals surface area contributed by atoms with Gasteiger partial charge in [0.15, 0.2) is 21.1 Å². The predicted octanol–water partition coefficient (Wildman–Crippen LogP) is 3.57. The maximum atomic E-state index is 13.4. The number of sulfone groups is 1. The number of ether oxygens (including phenoxy) is 1. The van der Waals surface area contributed by atoms with Gasteiger partial charge in [-0.15, -0.1) is 0 Å². The molecule has 3 heterocycles. The van der Waals surface area contributed by atoms with E-state index < -0.39 is 22.1 Å². The molecule has 3 fully saturated rings. The first-order valence-electron chi connectivity index (χ1n) is 12.8. The molecule has 1 aliphatic carbocycles.